The van der Waals surface area contributed by atoms with Crippen molar-refractivity contribution < 1.29 is 20.1 Å². The zero-order chi connectivity index (χ0) is 18.3. The topological polar surface area (TPSA) is 149 Å². The van der Waals surface area contributed by atoms with Crippen molar-refractivity contribution in [2.24, 2.45) is 0 Å². The van der Waals surface area contributed by atoms with Crippen molar-refractivity contribution in [3.63, 3.8) is 0 Å². The molecule has 0 bridgehead atoms. The molecule has 2 aromatic rings. The van der Waals surface area contributed by atoms with E-state index in [0.717, 1.165) is 4.57 Å². The summed E-state index contributed by atoms with van der Waals surface area (Å²) in [6, 6.07) is 0. The van der Waals surface area contributed by atoms with Crippen LogP contribution in [0.4, 0.5) is 5.95 Å². The third-order valence-electron chi connectivity index (χ3n) is 4.12. The molecule has 3 rings (SSSR count). The smallest absolute Gasteiger partial charge is 0.283 e. The Hall–Kier alpha value is -1.98. The van der Waals surface area contributed by atoms with Crippen molar-refractivity contribution >= 4 is 28.7 Å². The van der Waals surface area contributed by atoms with E-state index in [9.17, 15) is 20.1 Å². The highest BCUT2D eigenvalue weighted by atomic mass is 35.5. The summed E-state index contributed by atoms with van der Waals surface area (Å²) in [5.41, 5.74) is 5.52. The van der Waals surface area contributed by atoms with Gasteiger partial charge in [-0.3, -0.25) is 13.9 Å². The van der Waals surface area contributed by atoms with Gasteiger partial charge in [-0.1, -0.05) is 18.2 Å². The molecule has 0 aromatic carbocycles. The van der Waals surface area contributed by atoms with Crippen LogP contribution in [-0.4, -0.2) is 59.3 Å². The SMILES string of the molecule is C=C(Cl)C(O)Cn1c(N)nc2c(ncn2[C@H]2C[C@H](O)[C@@H](CO)O2)c1=O. The van der Waals surface area contributed by atoms with E-state index in [4.69, 9.17) is 22.1 Å². The van der Waals surface area contributed by atoms with E-state index in [0.29, 0.717) is 0 Å². The number of imidazole rings is 1. The van der Waals surface area contributed by atoms with Crippen LogP contribution in [0.3, 0.4) is 0 Å². The number of aromatic nitrogens is 4. The zero-order valence-electron chi connectivity index (χ0n) is 13.1. The molecule has 1 aliphatic heterocycles. The van der Waals surface area contributed by atoms with Crippen LogP contribution in [0.5, 0.6) is 0 Å². The predicted molar refractivity (Wildman–Crippen MR) is 88.8 cm³/mol. The van der Waals surface area contributed by atoms with Crippen LogP contribution in [0, 0.1) is 0 Å². The standard InChI is InChI=1S/C14H18ClN5O5/c1-6(15)8(23)3-19-13(24)11-12(18-14(19)16)20(5-17-11)10-2-7(22)9(4-21)25-10/h5,7-10,21-23H,1-4H2,(H2,16,18)/t7-,8?,9+,10+/m0/s1. The van der Waals surface area contributed by atoms with E-state index in [1.54, 1.807) is 0 Å². The van der Waals surface area contributed by atoms with E-state index >= 15 is 0 Å². The monoisotopic (exact) mass is 371 g/mol. The molecule has 1 unspecified atom stereocenters. The van der Waals surface area contributed by atoms with E-state index in [1.807, 2.05) is 0 Å². The molecule has 10 nitrogen and oxygen atoms in total. The largest absolute Gasteiger partial charge is 0.394 e. The molecule has 0 saturated carbocycles. The number of halogens is 1. The molecule has 11 heteroatoms. The third-order valence-corrected chi connectivity index (χ3v) is 4.38. The predicted octanol–water partition coefficient (Wildman–Crippen LogP) is -1.07. The number of nitrogens with zero attached hydrogens (tertiary/aromatic N) is 4. The van der Waals surface area contributed by atoms with Gasteiger partial charge in [-0.15, -0.1) is 0 Å². The van der Waals surface area contributed by atoms with Crippen LogP contribution in [0.1, 0.15) is 12.6 Å². The summed E-state index contributed by atoms with van der Waals surface area (Å²) in [5.74, 6) is -0.131. The second kappa shape index (κ2) is 6.73. The first-order valence-corrected chi connectivity index (χ1v) is 7.90. The van der Waals surface area contributed by atoms with Gasteiger partial charge < -0.3 is 25.8 Å². The van der Waals surface area contributed by atoms with E-state index in [1.165, 1.54) is 10.9 Å². The van der Waals surface area contributed by atoms with E-state index in [2.05, 4.69) is 16.5 Å². The molecular formula is C14H18ClN5O5. The fraction of sp³-hybridized carbons (Fsp3) is 0.500. The molecular weight excluding hydrogens is 354 g/mol. The van der Waals surface area contributed by atoms with Crippen LogP contribution in [0.2, 0.25) is 0 Å². The lowest BCUT2D eigenvalue weighted by Gasteiger charge is -2.15. The van der Waals surface area contributed by atoms with Gasteiger partial charge >= 0.3 is 0 Å². The fourth-order valence-electron chi connectivity index (χ4n) is 2.73. The van der Waals surface area contributed by atoms with Gasteiger partial charge in [-0.2, -0.15) is 4.98 Å². The van der Waals surface area contributed by atoms with Gasteiger partial charge in [0.2, 0.25) is 5.95 Å². The first kappa shape index (κ1) is 17.8. The van der Waals surface area contributed by atoms with Crippen molar-refractivity contribution in [3.8, 4) is 0 Å². The molecule has 0 amide bonds. The maximum Gasteiger partial charge on any atom is 0.283 e. The highest BCUT2D eigenvalue weighted by Gasteiger charge is 2.35. The van der Waals surface area contributed by atoms with Gasteiger partial charge in [0.1, 0.15) is 18.4 Å². The van der Waals surface area contributed by atoms with E-state index in [-0.39, 0.29) is 41.7 Å². The fourth-order valence-corrected chi connectivity index (χ4v) is 2.80. The van der Waals surface area contributed by atoms with Gasteiger partial charge in [0, 0.05) is 11.5 Å². The van der Waals surface area contributed by atoms with Gasteiger partial charge in [-0.05, 0) is 0 Å². The highest BCUT2D eigenvalue weighted by molar-refractivity contribution is 6.29. The second-order valence-electron chi connectivity index (χ2n) is 5.79. The molecule has 25 heavy (non-hydrogen) atoms. The van der Waals surface area contributed by atoms with Gasteiger partial charge in [0.15, 0.2) is 11.2 Å². The molecule has 0 spiro atoms. The second-order valence-corrected chi connectivity index (χ2v) is 6.27. The minimum absolute atomic E-state index is 0.0275. The number of fused-ring (bicyclic) bond motifs is 1. The maximum atomic E-state index is 12.6. The Kier molecular flexibility index (Phi) is 4.80. The summed E-state index contributed by atoms with van der Waals surface area (Å²) < 4.78 is 8.08. The Balaban J connectivity index is 2.00. The van der Waals surface area contributed by atoms with Gasteiger partial charge in [0.05, 0.1) is 25.6 Å². The van der Waals surface area contributed by atoms with Crippen LogP contribution in [0.25, 0.3) is 11.2 Å². The van der Waals surface area contributed by atoms with E-state index < -0.39 is 30.1 Å². The van der Waals surface area contributed by atoms with Crippen molar-refractivity contribution in [2.75, 3.05) is 12.3 Å². The average molecular weight is 372 g/mol. The van der Waals surface area contributed by atoms with Crippen LogP contribution < -0.4 is 11.3 Å². The lowest BCUT2D eigenvalue weighted by atomic mass is 10.2. The summed E-state index contributed by atoms with van der Waals surface area (Å²) in [5, 5.41) is 28.8. The number of aliphatic hydroxyl groups excluding tert-OH is 3. The molecule has 5 N–H and O–H groups in total. The molecule has 0 radical (unpaired) electrons. The molecule has 136 valence electrons. The molecule has 4 atom stereocenters. The Labute approximate surface area is 146 Å². The number of rotatable bonds is 5. The van der Waals surface area contributed by atoms with Crippen molar-refractivity contribution in [1.82, 2.24) is 19.1 Å². The number of ether oxygens (including phenoxy) is 1. The zero-order valence-corrected chi connectivity index (χ0v) is 13.9. The summed E-state index contributed by atoms with van der Waals surface area (Å²) in [7, 11) is 0. The molecule has 1 saturated heterocycles. The number of nitrogen functional groups attached to an aromatic ring is 1. The van der Waals surface area contributed by atoms with Crippen molar-refractivity contribution in [1.29, 1.82) is 0 Å². The Bertz CT molecular complexity index is 865. The molecule has 1 fully saturated rings. The van der Waals surface area contributed by atoms with Gasteiger partial charge in [-0.25, -0.2) is 4.98 Å². The summed E-state index contributed by atoms with van der Waals surface area (Å²) >= 11 is 5.63. The molecule has 1 aliphatic rings. The Morgan fingerprint density at radius 3 is 2.92 bits per heavy atom. The van der Waals surface area contributed by atoms with Gasteiger partial charge in [0.25, 0.3) is 5.56 Å². The summed E-state index contributed by atoms with van der Waals surface area (Å²) in [4.78, 5) is 20.8. The Morgan fingerprint density at radius 1 is 1.60 bits per heavy atom. The quantitative estimate of drug-likeness (QED) is 0.519. The highest BCUT2D eigenvalue weighted by Crippen LogP contribution is 2.30. The molecule has 0 aliphatic carbocycles. The number of hydrogen-bond acceptors (Lipinski definition) is 8. The minimum Gasteiger partial charge on any atom is -0.394 e. The first-order valence-electron chi connectivity index (χ1n) is 7.53. The van der Waals surface area contributed by atoms with Crippen LogP contribution in [-0.2, 0) is 11.3 Å². The first-order chi connectivity index (χ1) is 11.8. The average Bonchev–Trinajstić information content (AvgIpc) is 3.14. The number of hydrogen-bond donors (Lipinski definition) is 4. The third kappa shape index (κ3) is 3.14. The number of nitrogens with two attached hydrogens (primary N) is 1. The summed E-state index contributed by atoms with van der Waals surface area (Å²) in [6.07, 6.45) is -1.78. The Morgan fingerprint density at radius 2 is 2.32 bits per heavy atom. The van der Waals surface area contributed by atoms with Crippen LogP contribution in [0.15, 0.2) is 22.7 Å². The summed E-state index contributed by atoms with van der Waals surface area (Å²) in [6.45, 7) is 2.88. The normalized spacial score (nSPS) is 24.7. The van der Waals surface area contributed by atoms with Crippen molar-refractivity contribution in [2.45, 2.75) is 37.5 Å². The lowest BCUT2D eigenvalue weighted by molar-refractivity contribution is -0.0432. The van der Waals surface area contributed by atoms with Crippen LogP contribution >= 0.6 is 11.6 Å². The number of aliphatic hydroxyl groups is 3. The molecule has 3 heterocycles. The minimum atomic E-state index is -1.17. The maximum absolute atomic E-state index is 12.6. The lowest BCUT2D eigenvalue weighted by Crippen LogP contribution is -2.30. The molecule has 2 aromatic heterocycles. The number of anilines is 1. The van der Waals surface area contributed by atoms with Crippen molar-refractivity contribution in [3.05, 3.63) is 28.3 Å².